The summed E-state index contributed by atoms with van der Waals surface area (Å²) in [6.45, 7) is 0.684. The van der Waals surface area contributed by atoms with Crippen molar-refractivity contribution >= 4 is 51.2 Å². The van der Waals surface area contributed by atoms with Crippen LogP contribution in [0.2, 0.25) is 0 Å². The molecule has 4 aromatic rings. The largest absolute Gasteiger partial charge is 0.356 e. The van der Waals surface area contributed by atoms with Crippen molar-refractivity contribution in [3.8, 4) is 0 Å². The molecule has 2 heterocycles. The number of hydrogen-bond acceptors (Lipinski definition) is 9. The number of halogens is 1. The molecule has 0 saturated heterocycles. The minimum atomic E-state index is -0.376. The van der Waals surface area contributed by atoms with Gasteiger partial charge in [0.25, 0.3) is 5.91 Å². The Morgan fingerprint density at radius 2 is 1.77 bits per heavy atom. The fourth-order valence-corrected chi connectivity index (χ4v) is 4.83. The van der Waals surface area contributed by atoms with Crippen molar-refractivity contribution in [1.29, 1.82) is 0 Å². The van der Waals surface area contributed by atoms with E-state index in [9.17, 15) is 9.18 Å². The second kappa shape index (κ2) is 9.74. The molecule has 0 fully saturated rings. The summed E-state index contributed by atoms with van der Waals surface area (Å²) in [6.07, 6.45) is 0. The van der Waals surface area contributed by atoms with Gasteiger partial charge in [-0.15, -0.1) is 20.4 Å². The molecule has 0 radical (unpaired) electrons. The normalized spacial score (nSPS) is 10.7. The van der Waals surface area contributed by atoms with E-state index in [4.69, 9.17) is 0 Å². The topological polar surface area (TPSA) is 92.7 Å². The van der Waals surface area contributed by atoms with Gasteiger partial charge in [0, 0.05) is 12.2 Å². The van der Waals surface area contributed by atoms with Crippen LogP contribution in [0.25, 0.3) is 0 Å². The Morgan fingerprint density at radius 3 is 2.57 bits per heavy atom. The van der Waals surface area contributed by atoms with E-state index < -0.39 is 0 Å². The molecule has 2 N–H and O–H groups in total. The predicted octanol–water partition coefficient (Wildman–Crippen LogP) is 4.69. The van der Waals surface area contributed by atoms with Crippen LogP contribution in [0.1, 0.15) is 20.4 Å². The molecule has 11 heteroatoms. The number of nitrogens with zero attached hydrogens (tertiary/aromatic N) is 4. The molecular weight excluding hydrogens is 443 g/mol. The van der Waals surface area contributed by atoms with Gasteiger partial charge in [-0.1, -0.05) is 64.8 Å². The summed E-state index contributed by atoms with van der Waals surface area (Å²) in [6, 6.07) is 15.6. The standard InChI is InChI=1S/C19H15FN6OS3/c20-13-6-8-14(9-7-13)22-16(27)17-24-23-15(29-17)11-28-19-26-25-18(30-19)21-10-12-4-2-1-3-5-12/h1-9H,10-11H2,(H,21,25)(H,22,27). The number of carbonyl (C=O) groups excluding carboxylic acids is 1. The van der Waals surface area contributed by atoms with Crippen molar-refractivity contribution in [2.45, 2.75) is 16.6 Å². The van der Waals surface area contributed by atoms with Crippen LogP contribution in [0, 0.1) is 5.82 Å². The van der Waals surface area contributed by atoms with Crippen LogP contribution in [-0.4, -0.2) is 26.3 Å². The monoisotopic (exact) mass is 458 g/mol. The number of aromatic nitrogens is 4. The average molecular weight is 459 g/mol. The maximum Gasteiger partial charge on any atom is 0.286 e. The molecule has 1 amide bonds. The Hall–Kier alpha value is -2.89. The number of thioether (sulfide) groups is 1. The van der Waals surface area contributed by atoms with Crippen molar-refractivity contribution < 1.29 is 9.18 Å². The first-order valence-electron chi connectivity index (χ1n) is 8.79. The Bertz CT molecular complexity index is 1120. The summed E-state index contributed by atoms with van der Waals surface area (Å²) in [5, 5.41) is 23.9. The molecule has 2 aromatic carbocycles. The second-order valence-electron chi connectivity index (χ2n) is 5.96. The van der Waals surface area contributed by atoms with Gasteiger partial charge in [0.2, 0.25) is 10.1 Å². The smallest absolute Gasteiger partial charge is 0.286 e. The fraction of sp³-hybridized carbons (Fsp3) is 0.105. The third-order valence-corrected chi connectivity index (χ3v) is 6.91. The molecule has 2 aromatic heterocycles. The number of nitrogens with one attached hydrogen (secondary N) is 2. The predicted molar refractivity (Wildman–Crippen MR) is 118 cm³/mol. The Morgan fingerprint density at radius 1 is 0.967 bits per heavy atom. The van der Waals surface area contributed by atoms with Crippen LogP contribution in [0.4, 0.5) is 15.2 Å². The zero-order valence-corrected chi connectivity index (χ0v) is 17.9. The van der Waals surface area contributed by atoms with Crippen molar-refractivity contribution in [3.05, 3.63) is 76.0 Å². The van der Waals surface area contributed by atoms with E-state index in [1.807, 2.05) is 30.3 Å². The van der Waals surface area contributed by atoms with Gasteiger partial charge < -0.3 is 10.6 Å². The number of rotatable bonds is 8. The van der Waals surface area contributed by atoms with E-state index in [-0.39, 0.29) is 16.7 Å². The van der Waals surface area contributed by atoms with Gasteiger partial charge in [-0.25, -0.2) is 4.39 Å². The first-order chi connectivity index (χ1) is 14.7. The highest BCUT2D eigenvalue weighted by Crippen LogP contribution is 2.29. The molecule has 0 atom stereocenters. The van der Waals surface area contributed by atoms with Crippen LogP contribution in [0.5, 0.6) is 0 Å². The summed E-state index contributed by atoms with van der Waals surface area (Å²) < 4.78 is 13.8. The Kier molecular flexibility index (Phi) is 6.62. The van der Waals surface area contributed by atoms with Crippen LogP contribution >= 0.6 is 34.4 Å². The van der Waals surface area contributed by atoms with Gasteiger partial charge in [0.1, 0.15) is 10.8 Å². The average Bonchev–Trinajstić information content (AvgIpc) is 3.43. The van der Waals surface area contributed by atoms with Crippen molar-refractivity contribution in [3.63, 3.8) is 0 Å². The van der Waals surface area contributed by atoms with Gasteiger partial charge >= 0.3 is 0 Å². The zero-order valence-electron chi connectivity index (χ0n) is 15.4. The third kappa shape index (κ3) is 5.59. The lowest BCUT2D eigenvalue weighted by Gasteiger charge is -2.01. The van der Waals surface area contributed by atoms with Crippen molar-refractivity contribution in [2.24, 2.45) is 0 Å². The Labute approximate surface area is 183 Å². The maximum atomic E-state index is 12.9. The van der Waals surface area contributed by atoms with Crippen molar-refractivity contribution in [1.82, 2.24) is 20.4 Å². The van der Waals surface area contributed by atoms with Gasteiger partial charge in [-0.2, -0.15) is 0 Å². The first-order valence-corrected chi connectivity index (χ1v) is 11.4. The maximum absolute atomic E-state index is 12.9. The Balaban J connectivity index is 1.27. The molecule has 0 spiro atoms. The quantitative estimate of drug-likeness (QED) is 0.370. The molecule has 4 rings (SSSR count). The lowest BCUT2D eigenvalue weighted by molar-refractivity contribution is 0.102. The van der Waals surface area contributed by atoms with Crippen LogP contribution in [-0.2, 0) is 12.3 Å². The third-order valence-electron chi connectivity index (χ3n) is 3.78. The van der Waals surface area contributed by atoms with Crippen molar-refractivity contribution in [2.75, 3.05) is 10.6 Å². The number of hydrogen-bond donors (Lipinski definition) is 2. The summed E-state index contributed by atoms with van der Waals surface area (Å²) in [5.74, 6) is -0.202. The summed E-state index contributed by atoms with van der Waals surface area (Å²) in [7, 11) is 0. The highest BCUT2D eigenvalue weighted by atomic mass is 32.2. The summed E-state index contributed by atoms with van der Waals surface area (Å²) in [5.41, 5.74) is 1.67. The van der Waals surface area contributed by atoms with E-state index in [0.29, 0.717) is 23.0 Å². The summed E-state index contributed by atoms with van der Waals surface area (Å²) >= 11 is 4.16. The molecule has 0 aliphatic rings. The van der Waals surface area contributed by atoms with Crippen LogP contribution in [0.15, 0.2) is 58.9 Å². The molecular formula is C19H15FN6OS3. The van der Waals surface area contributed by atoms with Gasteiger partial charge in [0.05, 0.1) is 5.75 Å². The van der Waals surface area contributed by atoms with Gasteiger partial charge in [-0.05, 0) is 29.8 Å². The molecule has 0 saturated carbocycles. The SMILES string of the molecule is O=C(Nc1ccc(F)cc1)c1nnc(CSc2nnc(NCc3ccccc3)s2)s1. The van der Waals surface area contributed by atoms with E-state index in [2.05, 4.69) is 31.0 Å². The van der Waals surface area contributed by atoms with Gasteiger partial charge in [0.15, 0.2) is 4.34 Å². The molecule has 0 aliphatic carbocycles. The minimum Gasteiger partial charge on any atom is -0.356 e. The number of benzene rings is 2. The molecule has 7 nitrogen and oxygen atoms in total. The molecule has 152 valence electrons. The van der Waals surface area contributed by atoms with E-state index >= 15 is 0 Å². The van der Waals surface area contributed by atoms with Gasteiger partial charge in [-0.3, -0.25) is 4.79 Å². The first kappa shape index (κ1) is 20.4. The molecule has 30 heavy (non-hydrogen) atoms. The molecule has 0 bridgehead atoms. The van der Waals surface area contributed by atoms with Crippen LogP contribution in [0.3, 0.4) is 0 Å². The number of anilines is 2. The zero-order chi connectivity index (χ0) is 20.8. The van der Waals surface area contributed by atoms with Crippen LogP contribution < -0.4 is 10.6 Å². The van der Waals surface area contributed by atoms with E-state index in [0.717, 1.165) is 9.47 Å². The summed E-state index contributed by atoms with van der Waals surface area (Å²) in [4.78, 5) is 12.2. The lowest BCUT2D eigenvalue weighted by atomic mass is 10.2. The number of amides is 1. The highest BCUT2D eigenvalue weighted by molar-refractivity contribution is 8.00. The minimum absolute atomic E-state index is 0.248. The molecule has 0 aliphatic heterocycles. The highest BCUT2D eigenvalue weighted by Gasteiger charge is 2.14. The van der Waals surface area contributed by atoms with E-state index in [1.54, 1.807) is 0 Å². The number of carbonyl (C=O) groups is 1. The lowest BCUT2D eigenvalue weighted by Crippen LogP contribution is -2.11. The second-order valence-corrected chi connectivity index (χ2v) is 9.22. The van der Waals surface area contributed by atoms with E-state index in [1.165, 1.54) is 64.3 Å². The fourth-order valence-electron chi connectivity index (χ4n) is 2.36. The molecule has 0 unspecified atom stereocenters.